The smallest absolute Gasteiger partial charge is 0.286 e. The van der Waals surface area contributed by atoms with E-state index in [1.807, 2.05) is 23.0 Å². The lowest BCUT2D eigenvalue weighted by atomic mass is 10.1. The third-order valence-electron chi connectivity index (χ3n) is 3.48. The first-order chi connectivity index (χ1) is 9.79. The van der Waals surface area contributed by atoms with Crippen LogP contribution in [0.1, 0.15) is 24.0 Å². The monoisotopic (exact) mass is 267 g/mol. The van der Waals surface area contributed by atoms with Crippen LogP contribution in [-0.4, -0.2) is 11.9 Å². The number of amides is 1. The molecule has 1 heterocycles. The second-order valence-corrected chi connectivity index (χ2v) is 5.38. The van der Waals surface area contributed by atoms with Gasteiger partial charge in [-0.25, -0.2) is 0 Å². The number of carbonyl (C=O) groups excluding carboxylic acids is 1. The molecule has 102 valence electrons. The number of nitrogens with one attached hydrogen (secondary N) is 1. The summed E-state index contributed by atoms with van der Waals surface area (Å²) in [5, 5.41) is 3.00. The molecular formula is C17H19N2O+. The van der Waals surface area contributed by atoms with Gasteiger partial charge in [0.25, 0.3) is 5.91 Å². The Morgan fingerprint density at radius 1 is 1.05 bits per heavy atom. The zero-order valence-corrected chi connectivity index (χ0v) is 11.5. The van der Waals surface area contributed by atoms with Gasteiger partial charge < -0.3 is 5.32 Å². The van der Waals surface area contributed by atoms with Crippen molar-refractivity contribution in [1.29, 1.82) is 0 Å². The van der Waals surface area contributed by atoms with Gasteiger partial charge in [0.2, 0.25) is 6.54 Å². The van der Waals surface area contributed by atoms with Gasteiger partial charge in [0.05, 0.1) is 0 Å². The topological polar surface area (TPSA) is 33.0 Å². The molecule has 3 nitrogen and oxygen atoms in total. The van der Waals surface area contributed by atoms with Crippen LogP contribution >= 0.6 is 0 Å². The van der Waals surface area contributed by atoms with Crippen molar-refractivity contribution in [1.82, 2.24) is 5.32 Å². The Bertz CT molecular complexity index is 574. The van der Waals surface area contributed by atoms with Crippen LogP contribution in [0.4, 0.5) is 0 Å². The number of nitrogens with zero attached hydrogens (tertiary/aromatic N) is 1. The maximum Gasteiger partial charge on any atom is 0.286 e. The van der Waals surface area contributed by atoms with E-state index < -0.39 is 0 Å². The summed E-state index contributed by atoms with van der Waals surface area (Å²) in [6.45, 7) is 0.405. The van der Waals surface area contributed by atoms with Gasteiger partial charge in [-0.3, -0.25) is 4.79 Å². The van der Waals surface area contributed by atoms with Crippen LogP contribution < -0.4 is 9.88 Å². The van der Waals surface area contributed by atoms with Crippen molar-refractivity contribution in [3.63, 3.8) is 0 Å². The van der Waals surface area contributed by atoms with Gasteiger partial charge >= 0.3 is 0 Å². The van der Waals surface area contributed by atoms with Gasteiger partial charge in [-0.1, -0.05) is 30.3 Å². The molecule has 1 saturated carbocycles. The van der Waals surface area contributed by atoms with E-state index in [4.69, 9.17) is 0 Å². The molecule has 1 N–H and O–H groups in total. The predicted octanol–water partition coefficient (Wildman–Crippen LogP) is 1.84. The van der Waals surface area contributed by atoms with E-state index in [9.17, 15) is 4.79 Å². The van der Waals surface area contributed by atoms with Gasteiger partial charge in [-0.2, -0.15) is 4.57 Å². The van der Waals surface area contributed by atoms with Crippen molar-refractivity contribution < 1.29 is 9.36 Å². The number of hydrogen-bond acceptors (Lipinski definition) is 1. The normalized spacial score (nSPS) is 14.0. The first-order valence-electron chi connectivity index (χ1n) is 7.11. The highest BCUT2D eigenvalue weighted by atomic mass is 16.2. The minimum atomic E-state index is 0.105. The minimum Gasteiger partial charge on any atom is -0.348 e. The predicted molar refractivity (Wildman–Crippen MR) is 77.0 cm³/mol. The van der Waals surface area contributed by atoms with E-state index in [0.717, 1.165) is 19.3 Å². The fourth-order valence-electron chi connectivity index (χ4n) is 2.21. The van der Waals surface area contributed by atoms with Crippen LogP contribution in [0.15, 0.2) is 54.9 Å². The van der Waals surface area contributed by atoms with Crippen LogP contribution in [0.25, 0.3) is 0 Å². The summed E-state index contributed by atoms with van der Waals surface area (Å²) in [6, 6.07) is 15.0. The molecule has 1 aromatic heterocycles. The van der Waals surface area contributed by atoms with Crippen molar-refractivity contribution >= 4 is 5.91 Å². The lowest BCUT2D eigenvalue weighted by molar-refractivity contribution is -0.684. The molecule has 0 radical (unpaired) electrons. The Morgan fingerprint density at radius 2 is 1.70 bits per heavy atom. The van der Waals surface area contributed by atoms with Crippen LogP contribution in [0.5, 0.6) is 0 Å². The zero-order chi connectivity index (χ0) is 13.8. The van der Waals surface area contributed by atoms with Gasteiger partial charge in [-0.15, -0.1) is 0 Å². The molecule has 1 aromatic carbocycles. The number of pyridine rings is 1. The molecular weight excluding hydrogens is 248 g/mol. The van der Waals surface area contributed by atoms with Gasteiger partial charge in [0, 0.05) is 18.2 Å². The first kappa shape index (κ1) is 12.9. The fourth-order valence-corrected chi connectivity index (χ4v) is 2.21. The Hall–Kier alpha value is -2.16. The first-order valence-corrected chi connectivity index (χ1v) is 7.11. The average Bonchev–Trinajstić information content (AvgIpc) is 3.26. The Labute approximate surface area is 119 Å². The number of hydrogen-bond donors (Lipinski definition) is 1. The lowest BCUT2D eigenvalue weighted by Gasteiger charge is -2.02. The third kappa shape index (κ3) is 3.67. The molecule has 3 heteroatoms. The van der Waals surface area contributed by atoms with E-state index in [-0.39, 0.29) is 5.91 Å². The van der Waals surface area contributed by atoms with Crippen molar-refractivity contribution in [2.45, 2.75) is 31.8 Å². The standard InChI is InChI=1S/C17H18N2O/c20-17(18-16-6-7-16)13-19-10-8-15(9-11-19)12-14-4-2-1-3-5-14/h1-5,8-11,16H,6-7,12-13H2/p+1. The second-order valence-electron chi connectivity index (χ2n) is 5.38. The maximum atomic E-state index is 11.7. The lowest BCUT2D eigenvalue weighted by Crippen LogP contribution is -2.43. The molecule has 2 aromatic rings. The van der Waals surface area contributed by atoms with Crippen molar-refractivity contribution in [3.8, 4) is 0 Å². The summed E-state index contributed by atoms with van der Waals surface area (Å²) in [7, 11) is 0. The van der Waals surface area contributed by atoms with E-state index in [1.54, 1.807) is 0 Å². The highest BCUT2D eigenvalue weighted by Crippen LogP contribution is 2.18. The summed E-state index contributed by atoms with van der Waals surface area (Å²) in [4.78, 5) is 11.7. The highest BCUT2D eigenvalue weighted by Gasteiger charge is 2.24. The summed E-state index contributed by atoms with van der Waals surface area (Å²) in [5.74, 6) is 0.105. The molecule has 0 unspecified atom stereocenters. The summed E-state index contributed by atoms with van der Waals surface area (Å²) >= 11 is 0. The van der Waals surface area contributed by atoms with Gasteiger partial charge in [-0.05, 0) is 30.4 Å². The molecule has 1 fully saturated rings. The summed E-state index contributed by atoms with van der Waals surface area (Å²) < 4.78 is 1.92. The molecule has 0 atom stereocenters. The molecule has 0 bridgehead atoms. The van der Waals surface area contributed by atoms with E-state index in [2.05, 4.69) is 41.7 Å². The quantitative estimate of drug-likeness (QED) is 0.824. The number of benzene rings is 1. The van der Waals surface area contributed by atoms with E-state index in [1.165, 1.54) is 11.1 Å². The van der Waals surface area contributed by atoms with Crippen LogP contribution in [0.3, 0.4) is 0 Å². The third-order valence-corrected chi connectivity index (χ3v) is 3.48. The molecule has 1 amide bonds. The Kier molecular flexibility index (Phi) is 3.77. The van der Waals surface area contributed by atoms with E-state index >= 15 is 0 Å². The molecule has 1 aliphatic carbocycles. The van der Waals surface area contributed by atoms with Gasteiger partial charge in [0.15, 0.2) is 12.4 Å². The Morgan fingerprint density at radius 3 is 2.35 bits per heavy atom. The van der Waals surface area contributed by atoms with Crippen molar-refractivity contribution in [3.05, 3.63) is 66.0 Å². The van der Waals surface area contributed by atoms with Crippen LogP contribution in [0, 0.1) is 0 Å². The SMILES string of the molecule is O=C(C[n+]1ccc(Cc2ccccc2)cc1)NC1CC1. The van der Waals surface area contributed by atoms with Crippen molar-refractivity contribution in [2.75, 3.05) is 0 Å². The number of rotatable bonds is 5. The van der Waals surface area contributed by atoms with Crippen LogP contribution in [0.2, 0.25) is 0 Å². The Balaban J connectivity index is 1.57. The maximum absolute atomic E-state index is 11.7. The minimum absolute atomic E-state index is 0.105. The fraction of sp³-hybridized carbons (Fsp3) is 0.294. The highest BCUT2D eigenvalue weighted by molar-refractivity contribution is 5.75. The average molecular weight is 267 g/mol. The molecule has 0 saturated heterocycles. The number of aromatic nitrogens is 1. The van der Waals surface area contributed by atoms with Crippen molar-refractivity contribution in [2.24, 2.45) is 0 Å². The summed E-state index contributed by atoms with van der Waals surface area (Å²) in [6.07, 6.45) is 7.14. The van der Waals surface area contributed by atoms with Crippen LogP contribution in [-0.2, 0) is 17.8 Å². The molecule has 0 aliphatic heterocycles. The molecule has 3 rings (SSSR count). The van der Waals surface area contributed by atoms with E-state index in [0.29, 0.717) is 12.6 Å². The number of carbonyl (C=O) groups is 1. The summed E-state index contributed by atoms with van der Waals surface area (Å²) in [5.41, 5.74) is 2.56. The molecule has 1 aliphatic rings. The largest absolute Gasteiger partial charge is 0.348 e. The van der Waals surface area contributed by atoms with Gasteiger partial charge in [0.1, 0.15) is 0 Å². The zero-order valence-electron chi connectivity index (χ0n) is 11.5. The molecule has 20 heavy (non-hydrogen) atoms. The second kappa shape index (κ2) is 5.87. The molecule has 0 spiro atoms.